The number of hydrogen-bond donors (Lipinski definition) is 3. The number of ether oxygens (including phenoxy) is 1. The minimum atomic E-state index is -1.08. The maximum absolute atomic E-state index is 11.7. The van der Waals surface area contributed by atoms with Crippen LogP contribution in [0.25, 0.3) is 0 Å². The van der Waals surface area contributed by atoms with Gasteiger partial charge in [-0.15, -0.1) is 0 Å². The maximum atomic E-state index is 11.7. The molecule has 0 bridgehead atoms. The first kappa shape index (κ1) is 19.1. The van der Waals surface area contributed by atoms with Crippen LogP contribution in [0.15, 0.2) is 34.5 Å². The summed E-state index contributed by atoms with van der Waals surface area (Å²) in [6, 6.07) is 6.11. The Morgan fingerprint density at radius 2 is 1.83 bits per heavy atom. The Balaban J connectivity index is 2.67. The summed E-state index contributed by atoms with van der Waals surface area (Å²) in [5.41, 5.74) is 1.68. The van der Waals surface area contributed by atoms with Crippen LogP contribution >= 0.6 is 11.6 Å². The molecule has 0 fully saturated rings. The number of amides is 2. The summed E-state index contributed by atoms with van der Waals surface area (Å²) in [7, 11) is 0. The summed E-state index contributed by atoms with van der Waals surface area (Å²) in [6.07, 6.45) is 0. The molecular weight excluding hydrogens is 340 g/mol. The molecule has 0 aliphatic heterocycles. The molecule has 1 aromatic carbocycles. The summed E-state index contributed by atoms with van der Waals surface area (Å²) in [6.45, 7) is 2.94. The lowest BCUT2D eigenvalue weighted by molar-refractivity contribution is -0.136. The van der Waals surface area contributed by atoms with Crippen molar-refractivity contribution in [3.8, 4) is 0 Å². The molecule has 1 aromatic rings. The van der Waals surface area contributed by atoms with Crippen molar-refractivity contribution in [2.45, 2.75) is 13.8 Å². The normalized spacial score (nSPS) is 11.6. The topological polar surface area (TPSA) is 129 Å². The monoisotopic (exact) mass is 354 g/mol. The van der Waals surface area contributed by atoms with Crippen LogP contribution in [-0.2, 0) is 19.1 Å². The van der Waals surface area contributed by atoms with Gasteiger partial charge in [-0.3, -0.25) is 9.59 Å². The fraction of sp³-hybridized carbons (Fsp3) is 0.214. The summed E-state index contributed by atoms with van der Waals surface area (Å²) >= 11 is 5.71. The summed E-state index contributed by atoms with van der Waals surface area (Å²) in [5, 5.41) is 17.9. The lowest BCUT2D eigenvalue weighted by Gasteiger charge is -2.05. The lowest BCUT2D eigenvalue weighted by Crippen LogP contribution is -2.34. The molecule has 9 nitrogen and oxygen atoms in total. The molecule has 0 aromatic heterocycles. The van der Waals surface area contributed by atoms with Crippen LogP contribution in [0.2, 0.25) is 5.02 Å². The highest BCUT2D eigenvalue weighted by molar-refractivity contribution is 6.65. The van der Waals surface area contributed by atoms with E-state index in [0.29, 0.717) is 10.7 Å². The summed E-state index contributed by atoms with van der Waals surface area (Å²) in [4.78, 5) is 34.8. The zero-order valence-corrected chi connectivity index (χ0v) is 13.6. The highest BCUT2D eigenvalue weighted by Gasteiger charge is 2.19. The SMILES string of the molecule is CCOC(=O)C(=NO)C(C)=NNC(=O)C(=O)Nc1ccc(Cl)cc1. The molecule has 0 aliphatic carbocycles. The van der Waals surface area contributed by atoms with Crippen molar-refractivity contribution in [3.05, 3.63) is 29.3 Å². The van der Waals surface area contributed by atoms with Crippen LogP contribution < -0.4 is 10.7 Å². The van der Waals surface area contributed by atoms with Crippen LogP contribution in [0.1, 0.15) is 13.8 Å². The maximum Gasteiger partial charge on any atom is 0.362 e. The number of carbonyl (C=O) groups excluding carboxylic acids is 3. The third-order valence-corrected chi connectivity index (χ3v) is 2.80. The molecule has 24 heavy (non-hydrogen) atoms. The van der Waals surface area contributed by atoms with Crippen molar-refractivity contribution < 1.29 is 24.3 Å². The number of anilines is 1. The van der Waals surface area contributed by atoms with Gasteiger partial charge in [-0.05, 0) is 38.1 Å². The van der Waals surface area contributed by atoms with E-state index in [2.05, 4.69) is 20.3 Å². The molecule has 0 aliphatic rings. The molecule has 3 N–H and O–H groups in total. The first-order chi connectivity index (χ1) is 11.4. The Morgan fingerprint density at radius 3 is 2.38 bits per heavy atom. The van der Waals surface area contributed by atoms with Crippen LogP contribution in [0, 0.1) is 0 Å². The molecule has 0 heterocycles. The van der Waals surface area contributed by atoms with E-state index < -0.39 is 23.5 Å². The predicted molar refractivity (Wildman–Crippen MR) is 87.2 cm³/mol. The van der Waals surface area contributed by atoms with Gasteiger partial charge in [-0.1, -0.05) is 16.8 Å². The fourth-order valence-electron chi connectivity index (χ4n) is 1.42. The third kappa shape index (κ3) is 5.69. The molecule has 1 rings (SSSR count). The first-order valence-electron chi connectivity index (χ1n) is 6.69. The number of benzene rings is 1. The Morgan fingerprint density at radius 1 is 1.21 bits per heavy atom. The van der Waals surface area contributed by atoms with Crippen molar-refractivity contribution in [1.82, 2.24) is 5.43 Å². The first-order valence-corrected chi connectivity index (χ1v) is 7.07. The van der Waals surface area contributed by atoms with E-state index in [0.717, 1.165) is 0 Å². The highest BCUT2D eigenvalue weighted by atomic mass is 35.5. The van der Waals surface area contributed by atoms with Crippen LogP contribution in [-0.4, -0.2) is 41.0 Å². The molecule has 128 valence electrons. The molecule has 0 saturated carbocycles. The Hall–Kier alpha value is -2.94. The van der Waals surface area contributed by atoms with Crippen LogP contribution in [0.4, 0.5) is 5.69 Å². The van der Waals surface area contributed by atoms with Gasteiger partial charge in [-0.25, -0.2) is 10.2 Å². The molecule has 0 unspecified atom stereocenters. The Bertz CT molecular complexity index is 685. The minimum absolute atomic E-state index is 0.0704. The molecular formula is C14H15ClN4O5. The van der Waals surface area contributed by atoms with Gasteiger partial charge in [-0.2, -0.15) is 5.10 Å². The van der Waals surface area contributed by atoms with Gasteiger partial charge in [0.05, 0.1) is 12.3 Å². The number of halogens is 1. The second-order valence-corrected chi connectivity index (χ2v) is 4.70. The van der Waals surface area contributed by atoms with E-state index >= 15 is 0 Å². The molecule has 2 amide bonds. The number of oxime groups is 1. The van der Waals surface area contributed by atoms with E-state index in [4.69, 9.17) is 16.8 Å². The Kier molecular flexibility index (Phi) is 7.37. The second-order valence-electron chi connectivity index (χ2n) is 4.27. The van der Waals surface area contributed by atoms with E-state index in [1.54, 1.807) is 19.1 Å². The number of hydrazone groups is 1. The predicted octanol–water partition coefficient (Wildman–Crippen LogP) is 1.16. The zero-order chi connectivity index (χ0) is 18.1. The van der Waals surface area contributed by atoms with Gasteiger partial charge in [0.1, 0.15) is 0 Å². The average molecular weight is 355 g/mol. The minimum Gasteiger partial charge on any atom is -0.461 e. The summed E-state index contributed by atoms with van der Waals surface area (Å²) in [5.74, 6) is -2.97. The summed E-state index contributed by atoms with van der Waals surface area (Å²) < 4.78 is 4.65. The van der Waals surface area contributed by atoms with E-state index in [9.17, 15) is 14.4 Å². The fourth-order valence-corrected chi connectivity index (χ4v) is 1.55. The van der Waals surface area contributed by atoms with Crippen molar-refractivity contribution in [1.29, 1.82) is 0 Å². The van der Waals surface area contributed by atoms with Gasteiger partial charge < -0.3 is 15.3 Å². The van der Waals surface area contributed by atoms with Gasteiger partial charge in [0.2, 0.25) is 5.71 Å². The number of nitrogens with zero attached hydrogens (tertiary/aromatic N) is 2. The van der Waals surface area contributed by atoms with Gasteiger partial charge >= 0.3 is 17.8 Å². The number of esters is 1. The van der Waals surface area contributed by atoms with E-state index in [1.165, 1.54) is 19.1 Å². The smallest absolute Gasteiger partial charge is 0.362 e. The van der Waals surface area contributed by atoms with Crippen molar-refractivity contribution in [2.24, 2.45) is 10.3 Å². The highest BCUT2D eigenvalue weighted by Crippen LogP contribution is 2.13. The Labute approximate surface area is 142 Å². The second kappa shape index (κ2) is 9.26. The van der Waals surface area contributed by atoms with Gasteiger partial charge in [0.25, 0.3) is 0 Å². The van der Waals surface area contributed by atoms with Crippen LogP contribution in [0.3, 0.4) is 0 Å². The molecule has 0 atom stereocenters. The average Bonchev–Trinajstić information content (AvgIpc) is 2.55. The number of hydrogen-bond acceptors (Lipinski definition) is 7. The van der Waals surface area contributed by atoms with Gasteiger partial charge in [0, 0.05) is 10.7 Å². The third-order valence-electron chi connectivity index (χ3n) is 2.54. The van der Waals surface area contributed by atoms with Crippen molar-refractivity contribution in [3.63, 3.8) is 0 Å². The van der Waals surface area contributed by atoms with E-state index in [1.807, 2.05) is 5.43 Å². The number of carbonyl (C=O) groups is 3. The van der Waals surface area contributed by atoms with Crippen LogP contribution in [0.5, 0.6) is 0 Å². The molecule has 10 heteroatoms. The number of nitrogens with one attached hydrogen (secondary N) is 2. The quantitative estimate of drug-likeness (QED) is 0.240. The van der Waals surface area contributed by atoms with Crippen molar-refractivity contribution in [2.75, 3.05) is 11.9 Å². The largest absolute Gasteiger partial charge is 0.461 e. The standard InChI is InChI=1S/C14H15ClN4O5/c1-3-24-14(22)11(19-23)8(2)17-18-13(21)12(20)16-10-6-4-9(15)5-7-10/h4-7,23H,3H2,1-2H3,(H,16,20)(H,18,21). The lowest BCUT2D eigenvalue weighted by atomic mass is 10.2. The molecule has 0 radical (unpaired) electrons. The number of rotatable bonds is 5. The van der Waals surface area contributed by atoms with E-state index in [-0.39, 0.29) is 12.3 Å². The van der Waals surface area contributed by atoms with Gasteiger partial charge in [0.15, 0.2) is 0 Å². The molecule has 0 spiro atoms. The van der Waals surface area contributed by atoms with Crippen molar-refractivity contribution >= 4 is 46.5 Å². The molecule has 0 saturated heterocycles. The zero-order valence-electron chi connectivity index (χ0n) is 12.9.